The standard InChI is InChI=1S/C11H8BrClO2S/c1-2-15-11(14)9-5-6-8(13)4-3-7(12)10(6)16-9/h3-5H,2H2,1H3. The molecule has 0 amide bonds. The molecule has 0 saturated carbocycles. The van der Waals surface area contributed by atoms with Crippen molar-refractivity contribution in [3.63, 3.8) is 0 Å². The predicted octanol–water partition coefficient (Wildman–Crippen LogP) is 4.49. The second-order valence-electron chi connectivity index (χ2n) is 3.10. The van der Waals surface area contributed by atoms with Crippen molar-refractivity contribution in [2.75, 3.05) is 6.61 Å². The van der Waals surface area contributed by atoms with E-state index in [1.54, 1.807) is 19.1 Å². The number of esters is 1. The van der Waals surface area contributed by atoms with E-state index in [1.165, 1.54) is 11.3 Å². The quantitative estimate of drug-likeness (QED) is 0.762. The molecule has 2 rings (SSSR count). The molecule has 0 saturated heterocycles. The summed E-state index contributed by atoms with van der Waals surface area (Å²) in [6.07, 6.45) is 0. The van der Waals surface area contributed by atoms with Crippen LogP contribution < -0.4 is 0 Å². The molecule has 0 aliphatic heterocycles. The topological polar surface area (TPSA) is 26.3 Å². The van der Waals surface area contributed by atoms with E-state index < -0.39 is 0 Å². The summed E-state index contributed by atoms with van der Waals surface area (Å²) in [7, 11) is 0. The number of carbonyl (C=O) groups excluding carboxylic acids is 1. The normalized spacial score (nSPS) is 10.7. The van der Waals surface area contributed by atoms with Crippen LogP contribution in [0.1, 0.15) is 16.6 Å². The number of hydrogen-bond donors (Lipinski definition) is 0. The Morgan fingerprint density at radius 1 is 1.56 bits per heavy atom. The highest BCUT2D eigenvalue weighted by molar-refractivity contribution is 9.10. The summed E-state index contributed by atoms with van der Waals surface area (Å²) in [6.45, 7) is 2.16. The third-order valence-electron chi connectivity index (χ3n) is 2.06. The smallest absolute Gasteiger partial charge is 0.348 e. The zero-order valence-corrected chi connectivity index (χ0v) is 11.6. The molecule has 1 aromatic carbocycles. The van der Waals surface area contributed by atoms with E-state index in [9.17, 15) is 4.79 Å². The molecule has 5 heteroatoms. The molecule has 16 heavy (non-hydrogen) atoms. The van der Waals surface area contributed by atoms with Gasteiger partial charge in [0.1, 0.15) is 4.88 Å². The molecule has 2 aromatic rings. The highest BCUT2D eigenvalue weighted by atomic mass is 79.9. The van der Waals surface area contributed by atoms with Gasteiger partial charge in [0, 0.05) is 14.9 Å². The Morgan fingerprint density at radius 3 is 2.94 bits per heavy atom. The van der Waals surface area contributed by atoms with Crippen molar-refractivity contribution in [1.29, 1.82) is 0 Å². The fraction of sp³-hybridized carbons (Fsp3) is 0.182. The fourth-order valence-electron chi connectivity index (χ4n) is 1.36. The Morgan fingerprint density at radius 2 is 2.31 bits per heavy atom. The van der Waals surface area contributed by atoms with E-state index in [1.807, 2.05) is 6.07 Å². The zero-order valence-electron chi connectivity index (χ0n) is 8.42. The molecule has 84 valence electrons. The summed E-state index contributed by atoms with van der Waals surface area (Å²) in [5, 5.41) is 1.52. The average molecular weight is 320 g/mol. The first-order chi connectivity index (χ1) is 7.63. The molecule has 0 aliphatic carbocycles. The number of fused-ring (bicyclic) bond motifs is 1. The summed E-state index contributed by atoms with van der Waals surface area (Å²) >= 11 is 10.9. The van der Waals surface area contributed by atoms with Crippen LogP contribution in [0.3, 0.4) is 0 Å². The predicted molar refractivity (Wildman–Crippen MR) is 70.5 cm³/mol. The van der Waals surface area contributed by atoms with Gasteiger partial charge in [-0.05, 0) is 41.1 Å². The van der Waals surface area contributed by atoms with Crippen molar-refractivity contribution < 1.29 is 9.53 Å². The van der Waals surface area contributed by atoms with Gasteiger partial charge in [0.05, 0.1) is 11.3 Å². The second-order valence-corrected chi connectivity index (χ2v) is 5.42. The highest BCUT2D eigenvalue weighted by Crippen LogP contribution is 2.36. The van der Waals surface area contributed by atoms with E-state index in [-0.39, 0.29) is 5.97 Å². The maximum atomic E-state index is 11.6. The van der Waals surface area contributed by atoms with Crippen LogP contribution in [-0.2, 0) is 4.74 Å². The van der Waals surface area contributed by atoms with E-state index >= 15 is 0 Å². The molecule has 0 N–H and O–H groups in total. The van der Waals surface area contributed by atoms with Crippen LogP contribution in [0, 0.1) is 0 Å². The maximum Gasteiger partial charge on any atom is 0.348 e. The summed E-state index contributed by atoms with van der Waals surface area (Å²) in [6, 6.07) is 5.44. The summed E-state index contributed by atoms with van der Waals surface area (Å²) in [5.41, 5.74) is 0. The van der Waals surface area contributed by atoms with Crippen molar-refractivity contribution in [2.24, 2.45) is 0 Å². The number of benzene rings is 1. The third kappa shape index (κ3) is 2.10. The molecule has 0 spiro atoms. The molecular weight excluding hydrogens is 312 g/mol. The summed E-state index contributed by atoms with van der Waals surface area (Å²) in [4.78, 5) is 12.1. The van der Waals surface area contributed by atoms with Gasteiger partial charge in [0.15, 0.2) is 0 Å². The lowest BCUT2D eigenvalue weighted by Crippen LogP contribution is -2.01. The maximum absolute atomic E-state index is 11.6. The van der Waals surface area contributed by atoms with Crippen molar-refractivity contribution in [3.05, 3.63) is 32.6 Å². The second kappa shape index (κ2) is 4.73. The number of ether oxygens (including phenoxy) is 1. The fourth-order valence-corrected chi connectivity index (χ4v) is 3.20. The Balaban J connectivity index is 2.55. The monoisotopic (exact) mass is 318 g/mol. The molecule has 0 aliphatic rings. The van der Waals surface area contributed by atoms with Gasteiger partial charge in [0.25, 0.3) is 0 Å². The molecule has 1 aromatic heterocycles. The van der Waals surface area contributed by atoms with E-state index in [2.05, 4.69) is 15.9 Å². The Bertz CT molecular complexity index is 511. The number of hydrogen-bond acceptors (Lipinski definition) is 3. The molecular formula is C11H8BrClO2S. The minimum atomic E-state index is -0.299. The molecule has 2 nitrogen and oxygen atoms in total. The lowest BCUT2D eigenvalue weighted by Gasteiger charge is -1.95. The molecule has 0 fully saturated rings. The minimum Gasteiger partial charge on any atom is -0.462 e. The van der Waals surface area contributed by atoms with Gasteiger partial charge in [-0.25, -0.2) is 4.79 Å². The highest BCUT2D eigenvalue weighted by Gasteiger charge is 2.14. The average Bonchev–Trinajstić information content (AvgIpc) is 2.70. The van der Waals surface area contributed by atoms with Crippen LogP contribution in [-0.4, -0.2) is 12.6 Å². The van der Waals surface area contributed by atoms with E-state index in [0.29, 0.717) is 16.5 Å². The Labute approximate surface area is 110 Å². The first-order valence-corrected chi connectivity index (χ1v) is 6.67. The van der Waals surface area contributed by atoms with Crippen LogP contribution in [0.25, 0.3) is 10.1 Å². The number of halogens is 2. The summed E-state index contributed by atoms with van der Waals surface area (Å²) < 4.78 is 6.86. The van der Waals surface area contributed by atoms with E-state index in [0.717, 1.165) is 14.6 Å². The first-order valence-electron chi connectivity index (χ1n) is 4.68. The molecule has 0 unspecified atom stereocenters. The molecule has 0 bridgehead atoms. The zero-order chi connectivity index (χ0) is 11.7. The van der Waals surface area contributed by atoms with Crippen LogP contribution in [0.4, 0.5) is 0 Å². The van der Waals surface area contributed by atoms with Gasteiger partial charge in [0.2, 0.25) is 0 Å². The lowest BCUT2D eigenvalue weighted by molar-refractivity contribution is 0.0532. The molecule has 0 radical (unpaired) electrons. The van der Waals surface area contributed by atoms with Gasteiger partial charge < -0.3 is 4.74 Å². The number of thiophene rings is 1. The van der Waals surface area contributed by atoms with Gasteiger partial charge >= 0.3 is 5.97 Å². The molecule has 0 atom stereocenters. The van der Waals surface area contributed by atoms with Crippen molar-refractivity contribution in [3.8, 4) is 0 Å². The SMILES string of the molecule is CCOC(=O)c1cc2c(Cl)ccc(Br)c2s1. The van der Waals surface area contributed by atoms with Crippen molar-refractivity contribution in [1.82, 2.24) is 0 Å². The van der Waals surface area contributed by atoms with Gasteiger partial charge in [-0.2, -0.15) is 0 Å². The van der Waals surface area contributed by atoms with Crippen LogP contribution in [0.5, 0.6) is 0 Å². The van der Waals surface area contributed by atoms with Crippen molar-refractivity contribution in [2.45, 2.75) is 6.92 Å². The van der Waals surface area contributed by atoms with E-state index in [4.69, 9.17) is 16.3 Å². The van der Waals surface area contributed by atoms with Gasteiger partial charge in [-0.15, -0.1) is 11.3 Å². The minimum absolute atomic E-state index is 0.299. The molecule has 1 heterocycles. The largest absolute Gasteiger partial charge is 0.462 e. The van der Waals surface area contributed by atoms with Gasteiger partial charge in [-0.1, -0.05) is 11.6 Å². The Kier molecular flexibility index (Phi) is 3.52. The van der Waals surface area contributed by atoms with Crippen LogP contribution in [0.15, 0.2) is 22.7 Å². The lowest BCUT2D eigenvalue weighted by atomic mass is 10.2. The number of carbonyl (C=O) groups is 1. The van der Waals surface area contributed by atoms with Crippen molar-refractivity contribution >= 4 is 54.9 Å². The third-order valence-corrected chi connectivity index (χ3v) is 4.46. The summed E-state index contributed by atoms with van der Waals surface area (Å²) in [5.74, 6) is -0.299. The first kappa shape index (κ1) is 11.9. The van der Waals surface area contributed by atoms with Crippen LogP contribution >= 0.6 is 38.9 Å². The number of rotatable bonds is 2. The van der Waals surface area contributed by atoms with Gasteiger partial charge in [-0.3, -0.25) is 0 Å². The van der Waals surface area contributed by atoms with Crippen LogP contribution in [0.2, 0.25) is 5.02 Å². The Hall–Kier alpha value is -0.580.